The number of methoxy groups -OCH3 is 2. The van der Waals surface area contributed by atoms with Gasteiger partial charge < -0.3 is 19.5 Å². The molecule has 1 N–H and O–H groups in total. The first-order chi connectivity index (χ1) is 13.9. The third kappa shape index (κ3) is 2.43. The molecule has 0 bridgehead atoms. The van der Waals surface area contributed by atoms with Gasteiger partial charge in [0.2, 0.25) is 5.85 Å². The van der Waals surface area contributed by atoms with E-state index in [1.165, 1.54) is 14.2 Å². The summed E-state index contributed by atoms with van der Waals surface area (Å²) in [6.45, 7) is 0. The lowest BCUT2D eigenvalue weighted by Gasteiger charge is -2.33. The Balaban J connectivity index is 1.99. The highest BCUT2D eigenvalue weighted by Gasteiger charge is 2.72. The number of ether oxygens (including phenoxy) is 3. The van der Waals surface area contributed by atoms with Crippen LogP contribution in [0.15, 0.2) is 54.6 Å². The van der Waals surface area contributed by atoms with E-state index in [1.807, 2.05) is 6.07 Å². The number of hydrogen-bond acceptors (Lipinski definition) is 7. The summed E-state index contributed by atoms with van der Waals surface area (Å²) in [4.78, 5) is 40.3. The van der Waals surface area contributed by atoms with Gasteiger partial charge in [0.05, 0.1) is 20.3 Å². The van der Waals surface area contributed by atoms with Gasteiger partial charge in [0.1, 0.15) is 0 Å². The van der Waals surface area contributed by atoms with Crippen molar-refractivity contribution in [3.8, 4) is 0 Å². The van der Waals surface area contributed by atoms with Gasteiger partial charge in [-0.1, -0.05) is 48.5 Å². The number of amides is 1. The summed E-state index contributed by atoms with van der Waals surface area (Å²) < 4.78 is 16.2. The van der Waals surface area contributed by atoms with E-state index in [2.05, 4.69) is 5.32 Å². The summed E-state index contributed by atoms with van der Waals surface area (Å²) in [6.07, 6.45) is 0. The van der Waals surface area contributed by atoms with Gasteiger partial charge in [-0.15, -0.1) is 0 Å². The fourth-order valence-corrected chi connectivity index (χ4v) is 4.23. The van der Waals surface area contributed by atoms with Crippen molar-refractivity contribution >= 4 is 17.8 Å². The first-order valence-corrected chi connectivity index (χ1v) is 8.99. The van der Waals surface area contributed by atoms with E-state index >= 15 is 0 Å². The normalized spacial score (nSPS) is 24.8. The Morgan fingerprint density at radius 2 is 1.59 bits per heavy atom. The van der Waals surface area contributed by atoms with Crippen molar-refractivity contribution in [2.24, 2.45) is 0 Å². The molecular weight excluding hydrogens is 376 g/mol. The Kier molecular flexibility index (Phi) is 4.40. The minimum atomic E-state index is -2.15. The van der Waals surface area contributed by atoms with E-state index in [-0.39, 0.29) is 5.91 Å². The number of rotatable bonds is 3. The smallest absolute Gasteiger partial charge is 0.352 e. The van der Waals surface area contributed by atoms with Crippen LogP contribution in [0.1, 0.15) is 27.5 Å². The quantitative estimate of drug-likeness (QED) is 0.618. The van der Waals surface area contributed by atoms with Crippen molar-refractivity contribution in [3.05, 3.63) is 71.3 Å². The minimum absolute atomic E-state index is 0.371. The van der Waals surface area contributed by atoms with Gasteiger partial charge >= 0.3 is 11.9 Å². The molecule has 2 heterocycles. The molecule has 1 amide bonds. The molecule has 2 aliphatic rings. The molecule has 1 fully saturated rings. The Bertz CT molecular complexity index is 976. The van der Waals surface area contributed by atoms with Gasteiger partial charge in [-0.2, -0.15) is 0 Å². The molecule has 150 valence electrons. The Morgan fingerprint density at radius 3 is 2.21 bits per heavy atom. The number of carbonyl (C=O) groups excluding carboxylic acids is 3. The minimum Gasteiger partial charge on any atom is -0.466 e. The number of carbonyl (C=O) groups is 3. The molecule has 1 saturated heterocycles. The third-order valence-electron chi connectivity index (χ3n) is 5.49. The number of fused-ring (bicyclic) bond motifs is 2. The highest BCUT2D eigenvalue weighted by Crippen LogP contribution is 2.53. The van der Waals surface area contributed by atoms with Crippen LogP contribution in [-0.2, 0) is 29.6 Å². The van der Waals surface area contributed by atoms with Gasteiger partial charge in [0, 0.05) is 11.1 Å². The molecule has 2 atom stereocenters. The van der Waals surface area contributed by atoms with Crippen molar-refractivity contribution in [1.29, 1.82) is 0 Å². The molecule has 0 saturated carbocycles. The fourth-order valence-electron chi connectivity index (χ4n) is 4.23. The van der Waals surface area contributed by atoms with E-state index < -0.39 is 29.4 Å². The summed E-state index contributed by atoms with van der Waals surface area (Å²) >= 11 is 0. The van der Waals surface area contributed by atoms with Gasteiger partial charge in [-0.3, -0.25) is 4.79 Å². The Labute approximate surface area is 167 Å². The molecule has 0 aliphatic carbocycles. The van der Waals surface area contributed by atoms with E-state index in [0.717, 1.165) is 0 Å². The largest absolute Gasteiger partial charge is 0.466 e. The van der Waals surface area contributed by atoms with Gasteiger partial charge in [0.15, 0.2) is 0 Å². The lowest BCUT2D eigenvalue weighted by atomic mass is 9.88. The topological polar surface area (TPSA) is 94.2 Å². The second-order valence-electron chi connectivity index (χ2n) is 6.89. The summed E-state index contributed by atoms with van der Waals surface area (Å²) in [5.74, 6) is -3.75. The molecular formula is C21H20N2O6. The molecule has 8 nitrogen and oxygen atoms in total. The zero-order valence-corrected chi connectivity index (χ0v) is 16.2. The molecule has 8 heteroatoms. The fraction of sp³-hybridized carbons (Fsp3) is 0.286. The van der Waals surface area contributed by atoms with Crippen LogP contribution in [0.2, 0.25) is 0 Å². The number of likely N-dealkylation sites (N-methyl/N-ethyl adjacent to an activating group) is 1. The average molecular weight is 396 g/mol. The van der Waals surface area contributed by atoms with Crippen molar-refractivity contribution < 1.29 is 28.6 Å². The van der Waals surface area contributed by atoms with E-state index in [1.54, 1.807) is 60.5 Å². The molecule has 1 unspecified atom stereocenters. The van der Waals surface area contributed by atoms with Crippen LogP contribution in [0.25, 0.3) is 0 Å². The summed E-state index contributed by atoms with van der Waals surface area (Å²) in [5, 5.41) is 2.81. The number of nitrogens with one attached hydrogen (secondary N) is 1. The lowest BCUT2D eigenvalue weighted by molar-refractivity contribution is -0.203. The number of benzene rings is 2. The van der Waals surface area contributed by atoms with Crippen LogP contribution in [-0.4, -0.2) is 49.6 Å². The maximum absolute atomic E-state index is 13.0. The van der Waals surface area contributed by atoms with Crippen LogP contribution < -0.4 is 5.32 Å². The highest BCUT2D eigenvalue weighted by molar-refractivity contribution is 6.06. The number of nitrogens with zero attached hydrogens (tertiary/aromatic N) is 1. The van der Waals surface area contributed by atoms with E-state index in [4.69, 9.17) is 14.2 Å². The van der Waals surface area contributed by atoms with Gasteiger partial charge in [-0.05, 0) is 18.7 Å². The molecule has 0 aromatic heterocycles. The van der Waals surface area contributed by atoms with Crippen LogP contribution in [0.4, 0.5) is 0 Å². The van der Waals surface area contributed by atoms with Crippen molar-refractivity contribution in [1.82, 2.24) is 10.2 Å². The number of esters is 2. The van der Waals surface area contributed by atoms with Crippen LogP contribution >= 0.6 is 0 Å². The predicted octanol–water partition coefficient (Wildman–Crippen LogP) is 1.33. The molecule has 2 aromatic rings. The van der Waals surface area contributed by atoms with Crippen molar-refractivity contribution in [2.45, 2.75) is 17.5 Å². The van der Waals surface area contributed by atoms with Crippen molar-refractivity contribution in [2.75, 3.05) is 21.3 Å². The lowest BCUT2D eigenvalue weighted by Crippen LogP contribution is -2.54. The predicted molar refractivity (Wildman–Crippen MR) is 100 cm³/mol. The second-order valence-corrected chi connectivity index (χ2v) is 6.89. The molecule has 2 aliphatic heterocycles. The van der Waals surface area contributed by atoms with Gasteiger partial charge in [0.25, 0.3) is 11.5 Å². The zero-order chi connectivity index (χ0) is 20.8. The van der Waals surface area contributed by atoms with Crippen molar-refractivity contribution in [3.63, 3.8) is 0 Å². The third-order valence-corrected chi connectivity index (χ3v) is 5.49. The standard InChI is InChI=1S/C21H20N2O6/c1-23-16(13-9-5-4-6-10-13)20(18(25)27-2,19(26)28-3)29-21(23)15-12-8-7-11-14(15)17(24)22-21/h4-12,16H,1-3H3,(H,22,24)/t16-,21?/m0/s1. The van der Waals surface area contributed by atoms with Gasteiger partial charge in [-0.25, -0.2) is 14.5 Å². The molecule has 0 radical (unpaired) electrons. The van der Waals surface area contributed by atoms with Crippen LogP contribution in [0.5, 0.6) is 0 Å². The van der Waals surface area contributed by atoms with E-state index in [0.29, 0.717) is 16.7 Å². The Hall–Kier alpha value is -3.23. The zero-order valence-electron chi connectivity index (χ0n) is 16.2. The first kappa shape index (κ1) is 19.1. The summed E-state index contributed by atoms with van der Waals surface area (Å²) in [5.41, 5.74) is -0.620. The highest BCUT2D eigenvalue weighted by atomic mass is 16.6. The maximum Gasteiger partial charge on any atom is 0.352 e. The van der Waals surface area contributed by atoms with Crippen LogP contribution in [0.3, 0.4) is 0 Å². The SMILES string of the molecule is COC(=O)C1(C(=O)OC)OC2(NC(=O)c3ccccc32)N(C)[C@H]1c1ccccc1. The maximum atomic E-state index is 13.0. The molecule has 4 rings (SSSR count). The van der Waals surface area contributed by atoms with E-state index in [9.17, 15) is 14.4 Å². The first-order valence-electron chi connectivity index (χ1n) is 8.99. The monoisotopic (exact) mass is 396 g/mol. The number of hydrogen-bond donors (Lipinski definition) is 1. The summed E-state index contributed by atoms with van der Waals surface area (Å²) in [7, 11) is 4.02. The molecule has 1 spiro atoms. The van der Waals surface area contributed by atoms with Crippen LogP contribution in [0, 0.1) is 0 Å². The Morgan fingerprint density at radius 1 is 1.00 bits per heavy atom. The average Bonchev–Trinajstić information content (AvgIpc) is 3.20. The second kappa shape index (κ2) is 6.68. The molecule has 29 heavy (non-hydrogen) atoms. The summed E-state index contributed by atoms with van der Waals surface area (Å²) in [6, 6.07) is 14.9. The molecule has 2 aromatic carbocycles.